The molecule has 1 atom stereocenters. The van der Waals surface area contributed by atoms with E-state index in [2.05, 4.69) is 13.8 Å². The highest BCUT2D eigenvalue weighted by Gasteiger charge is 2.21. The van der Waals surface area contributed by atoms with E-state index in [-0.39, 0.29) is 11.7 Å². The molecular formula is C16H25NO2. The number of hydrogen-bond acceptors (Lipinski definition) is 3. The molecule has 1 aromatic rings. The molecule has 2 N–H and O–H groups in total. The lowest BCUT2D eigenvalue weighted by molar-refractivity contribution is 0.0920. The molecule has 1 unspecified atom stereocenters. The molecule has 0 spiro atoms. The molecule has 106 valence electrons. The van der Waals surface area contributed by atoms with E-state index >= 15 is 0 Å². The van der Waals surface area contributed by atoms with Gasteiger partial charge in [0.25, 0.3) is 0 Å². The zero-order chi connectivity index (χ0) is 14.6. The summed E-state index contributed by atoms with van der Waals surface area (Å²) in [5, 5.41) is 0. The lowest BCUT2D eigenvalue weighted by Gasteiger charge is -2.18. The molecule has 0 aromatic heterocycles. The van der Waals surface area contributed by atoms with E-state index < -0.39 is 0 Å². The number of hydrogen-bond donors (Lipinski definition) is 1. The Balaban J connectivity index is 3.28. The minimum Gasteiger partial charge on any atom is -0.496 e. The van der Waals surface area contributed by atoms with Gasteiger partial charge in [0.1, 0.15) is 5.75 Å². The van der Waals surface area contributed by atoms with Gasteiger partial charge in [-0.1, -0.05) is 20.8 Å². The van der Waals surface area contributed by atoms with E-state index in [4.69, 9.17) is 10.5 Å². The molecule has 0 radical (unpaired) electrons. The summed E-state index contributed by atoms with van der Waals surface area (Å²) in [4.78, 5) is 12.5. The fourth-order valence-corrected chi connectivity index (χ4v) is 2.27. The van der Waals surface area contributed by atoms with Crippen molar-refractivity contribution in [3.05, 3.63) is 28.8 Å². The summed E-state index contributed by atoms with van der Waals surface area (Å²) in [6.45, 7) is 8.54. The van der Waals surface area contributed by atoms with Crippen LogP contribution in [-0.2, 0) is 0 Å². The predicted molar refractivity (Wildman–Crippen MR) is 79.0 cm³/mol. The molecular weight excluding hydrogens is 238 g/mol. The normalized spacial score (nSPS) is 12.6. The number of carbonyl (C=O) groups is 1. The van der Waals surface area contributed by atoms with Gasteiger partial charge in [-0.2, -0.15) is 0 Å². The molecule has 0 amide bonds. The van der Waals surface area contributed by atoms with E-state index in [1.54, 1.807) is 7.11 Å². The van der Waals surface area contributed by atoms with Gasteiger partial charge in [-0.15, -0.1) is 0 Å². The SMILES string of the molecule is CCC(CN)C(=O)c1cc(C(C)C)c(OC)cc1C. The standard InChI is InChI=1S/C16H25NO2/c1-6-12(9-17)16(18)14-8-13(10(2)3)15(19-5)7-11(14)4/h7-8,10,12H,6,9,17H2,1-5H3. The summed E-state index contributed by atoms with van der Waals surface area (Å²) in [5.74, 6) is 1.23. The summed E-state index contributed by atoms with van der Waals surface area (Å²) in [6, 6.07) is 3.92. The second-order valence-corrected chi connectivity index (χ2v) is 5.27. The van der Waals surface area contributed by atoms with E-state index in [1.807, 2.05) is 26.0 Å². The highest BCUT2D eigenvalue weighted by molar-refractivity contribution is 5.99. The van der Waals surface area contributed by atoms with Crippen molar-refractivity contribution in [3.63, 3.8) is 0 Å². The molecule has 0 aliphatic heterocycles. The van der Waals surface area contributed by atoms with E-state index in [9.17, 15) is 4.79 Å². The van der Waals surface area contributed by atoms with Gasteiger partial charge >= 0.3 is 0 Å². The molecule has 0 aliphatic rings. The molecule has 1 rings (SSSR count). The van der Waals surface area contributed by atoms with Crippen molar-refractivity contribution in [1.82, 2.24) is 0 Å². The maximum absolute atomic E-state index is 12.5. The molecule has 0 saturated carbocycles. The van der Waals surface area contributed by atoms with E-state index in [0.29, 0.717) is 12.5 Å². The van der Waals surface area contributed by atoms with Crippen LogP contribution in [0.15, 0.2) is 12.1 Å². The number of rotatable bonds is 6. The van der Waals surface area contributed by atoms with Crippen LogP contribution < -0.4 is 10.5 Å². The minimum absolute atomic E-state index is 0.0906. The molecule has 0 fully saturated rings. The Morgan fingerprint density at radius 1 is 1.37 bits per heavy atom. The van der Waals surface area contributed by atoms with Gasteiger partial charge in [-0.05, 0) is 42.5 Å². The Bertz CT molecular complexity index is 448. The van der Waals surface area contributed by atoms with Crippen LogP contribution in [0.2, 0.25) is 0 Å². The Hall–Kier alpha value is -1.35. The van der Waals surface area contributed by atoms with Crippen molar-refractivity contribution in [1.29, 1.82) is 0 Å². The first-order valence-corrected chi connectivity index (χ1v) is 6.89. The van der Waals surface area contributed by atoms with Crippen molar-refractivity contribution in [3.8, 4) is 5.75 Å². The quantitative estimate of drug-likeness (QED) is 0.801. The first kappa shape index (κ1) is 15.7. The number of ether oxygens (including phenoxy) is 1. The number of ketones is 1. The third-order valence-electron chi connectivity index (χ3n) is 3.61. The molecule has 0 saturated heterocycles. The first-order valence-electron chi connectivity index (χ1n) is 6.89. The van der Waals surface area contributed by atoms with Crippen molar-refractivity contribution < 1.29 is 9.53 Å². The van der Waals surface area contributed by atoms with Crippen molar-refractivity contribution in [2.45, 2.75) is 40.0 Å². The van der Waals surface area contributed by atoms with Crippen molar-refractivity contribution in [2.24, 2.45) is 11.7 Å². The number of aryl methyl sites for hydroxylation is 1. The van der Waals surface area contributed by atoms with Crippen LogP contribution in [0.3, 0.4) is 0 Å². The molecule has 3 heteroatoms. The Morgan fingerprint density at radius 2 is 2.00 bits per heavy atom. The number of carbonyl (C=O) groups excluding carboxylic acids is 1. The maximum Gasteiger partial charge on any atom is 0.167 e. The lowest BCUT2D eigenvalue weighted by Crippen LogP contribution is -2.24. The number of benzene rings is 1. The Labute approximate surface area is 116 Å². The first-order chi connectivity index (χ1) is 8.96. The van der Waals surface area contributed by atoms with Crippen LogP contribution in [0.25, 0.3) is 0 Å². The van der Waals surface area contributed by atoms with Gasteiger partial charge in [0.15, 0.2) is 5.78 Å². The summed E-state index contributed by atoms with van der Waals surface area (Å²) < 4.78 is 5.40. The van der Waals surface area contributed by atoms with E-state index in [0.717, 1.165) is 28.9 Å². The van der Waals surface area contributed by atoms with Gasteiger partial charge in [-0.3, -0.25) is 4.79 Å². The van der Waals surface area contributed by atoms with Gasteiger partial charge in [0.2, 0.25) is 0 Å². The van der Waals surface area contributed by atoms with Gasteiger partial charge in [0.05, 0.1) is 7.11 Å². The molecule has 1 aromatic carbocycles. The summed E-state index contributed by atoms with van der Waals surface area (Å²) in [6.07, 6.45) is 0.776. The molecule has 3 nitrogen and oxygen atoms in total. The largest absolute Gasteiger partial charge is 0.496 e. The molecule has 19 heavy (non-hydrogen) atoms. The molecule has 0 aliphatic carbocycles. The highest BCUT2D eigenvalue weighted by Crippen LogP contribution is 2.30. The number of nitrogens with two attached hydrogens (primary N) is 1. The number of methoxy groups -OCH3 is 1. The highest BCUT2D eigenvalue weighted by atomic mass is 16.5. The third-order valence-corrected chi connectivity index (χ3v) is 3.61. The van der Waals surface area contributed by atoms with Crippen LogP contribution in [0.5, 0.6) is 5.75 Å². The van der Waals surface area contributed by atoms with Crippen LogP contribution in [0.4, 0.5) is 0 Å². The fourth-order valence-electron chi connectivity index (χ4n) is 2.27. The average Bonchev–Trinajstić information content (AvgIpc) is 2.39. The second-order valence-electron chi connectivity index (χ2n) is 5.27. The van der Waals surface area contributed by atoms with Crippen LogP contribution in [0.1, 0.15) is 54.6 Å². The fraction of sp³-hybridized carbons (Fsp3) is 0.562. The lowest BCUT2D eigenvalue weighted by atomic mass is 9.89. The van der Waals surface area contributed by atoms with Gasteiger partial charge in [0, 0.05) is 18.0 Å². The Morgan fingerprint density at radius 3 is 2.42 bits per heavy atom. The molecule has 0 heterocycles. The van der Waals surface area contributed by atoms with Crippen molar-refractivity contribution in [2.75, 3.05) is 13.7 Å². The van der Waals surface area contributed by atoms with E-state index in [1.165, 1.54) is 0 Å². The summed E-state index contributed by atoms with van der Waals surface area (Å²) in [7, 11) is 1.66. The summed E-state index contributed by atoms with van der Waals surface area (Å²) in [5.41, 5.74) is 8.49. The topological polar surface area (TPSA) is 52.3 Å². The van der Waals surface area contributed by atoms with Gasteiger partial charge < -0.3 is 10.5 Å². The van der Waals surface area contributed by atoms with Crippen LogP contribution >= 0.6 is 0 Å². The molecule has 0 bridgehead atoms. The zero-order valence-electron chi connectivity index (χ0n) is 12.6. The smallest absolute Gasteiger partial charge is 0.167 e. The van der Waals surface area contributed by atoms with Crippen LogP contribution in [0, 0.1) is 12.8 Å². The van der Waals surface area contributed by atoms with Crippen LogP contribution in [-0.4, -0.2) is 19.4 Å². The predicted octanol–water partition coefficient (Wildman–Crippen LogP) is 3.29. The summed E-state index contributed by atoms with van der Waals surface area (Å²) >= 11 is 0. The average molecular weight is 263 g/mol. The second kappa shape index (κ2) is 6.71. The number of Topliss-reactive ketones (excluding diaryl/α,β-unsaturated/α-hetero) is 1. The minimum atomic E-state index is -0.0906. The maximum atomic E-state index is 12.5. The monoisotopic (exact) mass is 263 g/mol. The Kier molecular flexibility index (Phi) is 5.55. The zero-order valence-corrected chi connectivity index (χ0v) is 12.6. The third kappa shape index (κ3) is 3.35. The van der Waals surface area contributed by atoms with Crippen molar-refractivity contribution >= 4 is 5.78 Å². The van der Waals surface area contributed by atoms with Gasteiger partial charge in [-0.25, -0.2) is 0 Å².